The van der Waals surface area contributed by atoms with E-state index >= 15 is 0 Å². The second-order valence-electron chi connectivity index (χ2n) is 8.89. The molecule has 0 N–H and O–H groups in total. The van der Waals surface area contributed by atoms with Crippen molar-refractivity contribution in [3.05, 3.63) is 70.0 Å². The SMILES string of the molecule is CC(C)Cn1c(SCC(=O)c2ccc(C3CCCCC3)cc2)nc2ccccc2c1=O. The van der Waals surface area contributed by atoms with Crippen molar-refractivity contribution in [2.75, 3.05) is 5.75 Å². The van der Waals surface area contributed by atoms with Crippen LogP contribution in [-0.4, -0.2) is 21.1 Å². The van der Waals surface area contributed by atoms with Crippen molar-refractivity contribution >= 4 is 28.4 Å². The molecule has 1 aliphatic rings. The minimum atomic E-state index is -0.0360. The number of para-hydroxylation sites is 1. The van der Waals surface area contributed by atoms with Gasteiger partial charge in [0.2, 0.25) is 0 Å². The van der Waals surface area contributed by atoms with Gasteiger partial charge in [-0.15, -0.1) is 0 Å². The van der Waals surface area contributed by atoms with Crippen LogP contribution in [0.25, 0.3) is 10.9 Å². The van der Waals surface area contributed by atoms with E-state index in [1.54, 1.807) is 4.57 Å². The number of hydrogen-bond acceptors (Lipinski definition) is 4. The molecule has 4 nitrogen and oxygen atoms in total. The zero-order valence-corrected chi connectivity index (χ0v) is 19.2. The molecule has 1 aliphatic carbocycles. The molecule has 1 fully saturated rings. The smallest absolute Gasteiger partial charge is 0.262 e. The average molecular weight is 435 g/mol. The number of carbonyl (C=O) groups excluding carboxylic acids is 1. The maximum atomic E-state index is 13.0. The number of Topliss-reactive ketones (excluding diaryl/α,β-unsaturated/α-hetero) is 1. The Morgan fingerprint density at radius 1 is 1.06 bits per heavy atom. The molecule has 0 amide bonds. The summed E-state index contributed by atoms with van der Waals surface area (Å²) in [6.07, 6.45) is 6.46. The van der Waals surface area contributed by atoms with E-state index in [1.165, 1.54) is 49.4 Å². The molecule has 5 heteroatoms. The highest BCUT2D eigenvalue weighted by molar-refractivity contribution is 7.99. The number of aromatic nitrogens is 2. The lowest BCUT2D eigenvalue weighted by atomic mass is 9.84. The summed E-state index contributed by atoms with van der Waals surface area (Å²) in [7, 11) is 0. The van der Waals surface area contributed by atoms with Gasteiger partial charge in [-0.25, -0.2) is 4.98 Å². The molecule has 31 heavy (non-hydrogen) atoms. The van der Waals surface area contributed by atoms with Gasteiger partial charge in [0.05, 0.1) is 16.7 Å². The van der Waals surface area contributed by atoms with Crippen LogP contribution in [-0.2, 0) is 6.54 Å². The van der Waals surface area contributed by atoms with E-state index in [4.69, 9.17) is 4.98 Å². The van der Waals surface area contributed by atoms with Gasteiger partial charge in [-0.05, 0) is 42.4 Å². The van der Waals surface area contributed by atoms with Crippen LogP contribution in [0.2, 0.25) is 0 Å². The number of benzene rings is 2. The topological polar surface area (TPSA) is 52.0 Å². The molecule has 4 rings (SSSR count). The van der Waals surface area contributed by atoms with Gasteiger partial charge in [-0.1, -0.05) is 81.3 Å². The van der Waals surface area contributed by atoms with Gasteiger partial charge in [0.25, 0.3) is 5.56 Å². The molecular formula is C26H30N2O2S. The molecule has 1 saturated carbocycles. The summed E-state index contributed by atoms with van der Waals surface area (Å²) in [5, 5.41) is 1.24. The quantitative estimate of drug-likeness (QED) is 0.257. The molecule has 1 aromatic heterocycles. The summed E-state index contributed by atoms with van der Waals surface area (Å²) in [6, 6.07) is 15.6. The van der Waals surface area contributed by atoms with Crippen LogP contribution < -0.4 is 5.56 Å². The Hall–Kier alpha value is -2.40. The maximum Gasteiger partial charge on any atom is 0.262 e. The van der Waals surface area contributed by atoms with E-state index in [1.807, 2.05) is 36.4 Å². The van der Waals surface area contributed by atoms with Crippen molar-refractivity contribution in [2.45, 2.75) is 63.6 Å². The number of fused-ring (bicyclic) bond motifs is 1. The number of carbonyl (C=O) groups is 1. The Morgan fingerprint density at radius 3 is 2.48 bits per heavy atom. The van der Waals surface area contributed by atoms with Crippen LogP contribution in [0.3, 0.4) is 0 Å². The number of rotatable bonds is 7. The standard InChI is InChI=1S/C26H30N2O2S/c1-18(2)16-28-25(30)22-10-6-7-11-23(22)27-26(28)31-17-24(29)21-14-12-20(13-15-21)19-8-4-3-5-9-19/h6-7,10-15,18-19H,3-5,8-9,16-17H2,1-2H3. The lowest BCUT2D eigenvalue weighted by Gasteiger charge is -2.22. The predicted octanol–water partition coefficient (Wildman–Crippen LogP) is 6.08. The van der Waals surface area contributed by atoms with Gasteiger partial charge in [-0.3, -0.25) is 14.2 Å². The fourth-order valence-corrected chi connectivity index (χ4v) is 5.28. The van der Waals surface area contributed by atoms with Crippen molar-refractivity contribution in [3.8, 4) is 0 Å². The molecule has 0 unspecified atom stereocenters. The van der Waals surface area contributed by atoms with Crippen molar-refractivity contribution in [2.24, 2.45) is 5.92 Å². The van der Waals surface area contributed by atoms with Crippen molar-refractivity contribution in [1.29, 1.82) is 0 Å². The summed E-state index contributed by atoms with van der Waals surface area (Å²) < 4.78 is 1.72. The van der Waals surface area contributed by atoms with Crippen LogP contribution >= 0.6 is 11.8 Å². The first kappa shape index (κ1) is 21.8. The van der Waals surface area contributed by atoms with E-state index in [9.17, 15) is 9.59 Å². The fraction of sp³-hybridized carbons (Fsp3) is 0.423. The molecule has 3 aromatic rings. The van der Waals surface area contributed by atoms with E-state index in [0.29, 0.717) is 34.4 Å². The minimum Gasteiger partial charge on any atom is -0.293 e. The molecule has 1 heterocycles. The van der Waals surface area contributed by atoms with Crippen LogP contribution in [0.4, 0.5) is 0 Å². The molecule has 0 bridgehead atoms. The third kappa shape index (κ3) is 5.09. The fourth-order valence-electron chi connectivity index (χ4n) is 4.37. The number of ketones is 1. The van der Waals surface area contributed by atoms with Gasteiger partial charge < -0.3 is 0 Å². The number of nitrogens with zero attached hydrogens (tertiary/aromatic N) is 2. The van der Waals surface area contributed by atoms with Crippen LogP contribution in [0.15, 0.2) is 58.5 Å². The molecular weight excluding hydrogens is 404 g/mol. The van der Waals surface area contributed by atoms with E-state index < -0.39 is 0 Å². The first-order chi connectivity index (χ1) is 15.0. The third-order valence-corrected chi connectivity index (χ3v) is 6.99. The highest BCUT2D eigenvalue weighted by Gasteiger charge is 2.17. The maximum absolute atomic E-state index is 13.0. The Labute approximate surface area is 188 Å². The zero-order chi connectivity index (χ0) is 21.8. The van der Waals surface area contributed by atoms with Crippen LogP contribution in [0, 0.1) is 5.92 Å². The average Bonchev–Trinajstić information content (AvgIpc) is 2.80. The molecule has 0 saturated heterocycles. The largest absolute Gasteiger partial charge is 0.293 e. The van der Waals surface area contributed by atoms with E-state index in [0.717, 1.165) is 5.56 Å². The Morgan fingerprint density at radius 2 is 1.77 bits per heavy atom. The normalized spacial score (nSPS) is 14.9. The summed E-state index contributed by atoms with van der Waals surface area (Å²) in [5.74, 6) is 1.28. The van der Waals surface area contributed by atoms with Crippen molar-refractivity contribution in [1.82, 2.24) is 9.55 Å². The van der Waals surface area contributed by atoms with Crippen LogP contribution in [0.5, 0.6) is 0 Å². The molecule has 0 atom stereocenters. The first-order valence-corrected chi connectivity index (χ1v) is 12.3. The Bertz CT molecular complexity index is 1110. The second kappa shape index (κ2) is 9.82. The summed E-state index contributed by atoms with van der Waals surface area (Å²) in [6.45, 7) is 4.74. The van der Waals surface area contributed by atoms with Gasteiger partial charge in [0, 0.05) is 12.1 Å². The molecule has 0 radical (unpaired) electrons. The molecule has 0 aliphatic heterocycles. The summed E-state index contributed by atoms with van der Waals surface area (Å²) in [4.78, 5) is 30.6. The molecule has 2 aromatic carbocycles. The van der Waals surface area contributed by atoms with Gasteiger partial charge in [0.1, 0.15) is 0 Å². The number of hydrogen-bond donors (Lipinski definition) is 0. The second-order valence-corrected chi connectivity index (χ2v) is 9.83. The van der Waals surface area contributed by atoms with Crippen LogP contribution in [0.1, 0.15) is 67.8 Å². The number of thioether (sulfide) groups is 1. The molecule has 162 valence electrons. The monoisotopic (exact) mass is 434 g/mol. The van der Waals surface area contributed by atoms with E-state index in [2.05, 4.69) is 26.0 Å². The lowest BCUT2D eigenvalue weighted by molar-refractivity contribution is 0.102. The third-order valence-electron chi connectivity index (χ3n) is 6.02. The zero-order valence-electron chi connectivity index (χ0n) is 18.3. The molecule has 0 spiro atoms. The van der Waals surface area contributed by atoms with Gasteiger partial charge in [-0.2, -0.15) is 0 Å². The van der Waals surface area contributed by atoms with Gasteiger partial charge >= 0.3 is 0 Å². The summed E-state index contributed by atoms with van der Waals surface area (Å²) >= 11 is 1.36. The minimum absolute atomic E-state index is 0.0360. The summed E-state index contributed by atoms with van der Waals surface area (Å²) in [5.41, 5.74) is 2.72. The van der Waals surface area contributed by atoms with E-state index in [-0.39, 0.29) is 17.1 Å². The highest BCUT2D eigenvalue weighted by atomic mass is 32.2. The lowest BCUT2D eigenvalue weighted by Crippen LogP contribution is -2.25. The van der Waals surface area contributed by atoms with Crippen molar-refractivity contribution < 1.29 is 4.79 Å². The van der Waals surface area contributed by atoms with Gasteiger partial charge in [0.15, 0.2) is 10.9 Å². The van der Waals surface area contributed by atoms with Crippen molar-refractivity contribution in [3.63, 3.8) is 0 Å². The Kier molecular flexibility index (Phi) is 6.91. The Balaban J connectivity index is 1.51. The first-order valence-electron chi connectivity index (χ1n) is 11.3. The predicted molar refractivity (Wildman–Crippen MR) is 128 cm³/mol. The highest BCUT2D eigenvalue weighted by Crippen LogP contribution is 2.32.